The number of nitrogens with zero attached hydrogens (tertiary/aromatic N) is 4. The van der Waals surface area contributed by atoms with Crippen molar-refractivity contribution >= 4 is 23.6 Å². The Kier molecular flexibility index (Phi) is 5.92. The fraction of sp³-hybridized carbons (Fsp3) is 0.308. The van der Waals surface area contributed by atoms with E-state index in [1.54, 1.807) is 0 Å². The molecule has 1 aromatic carbocycles. The summed E-state index contributed by atoms with van der Waals surface area (Å²) in [5.74, 6) is -0.0132. The van der Waals surface area contributed by atoms with Crippen LogP contribution in [0, 0.1) is 0 Å². The van der Waals surface area contributed by atoms with E-state index in [1.807, 2.05) is 31.2 Å². The standard InChI is InChI=1S/C13H16N6O3S/c1-3-22-11-7-5-4-6-10(11)19-13(16-17-18-19)23-8-12(21)15-14-9(2)20/h4-7H,3,8H2,1-2H3,(H,14,20)(H,15,21). The Morgan fingerprint density at radius 1 is 1.30 bits per heavy atom. The molecule has 2 amide bonds. The summed E-state index contributed by atoms with van der Waals surface area (Å²) in [6, 6.07) is 7.34. The number of tetrazole rings is 1. The zero-order valence-electron chi connectivity index (χ0n) is 12.6. The summed E-state index contributed by atoms with van der Waals surface area (Å²) in [6.45, 7) is 3.71. The van der Waals surface area contributed by atoms with Gasteiger partial charge in [0.15, 0.2) is 0 Å². The van der Waals surface area contributed by atoms with Crippen molar-refractivity contribution in [3.63, 3.8) is 0 Å². The van der Waals surface area contributed by atoms with Gasteiger partial charge in [0.1, 0.15) is 11.4 Å². The van der Waals surface area contributed by atoms with Crippen molar-refractivity contribution in [2.75, 3.05) is 12.4 Å². The van der Waals surface area contributed by atoms with E-state index in [0.29, 0.717) is 23.2 Å². The van der Waals surface area contributed by atoms with Crippen LogP contribution >= 0.6 is 11.8 Å². The number of nitrogens with one attached hydrogen (secondary N) is 2. The molecule has 0 unspecified atom stereocenters. The molecule has 0 aliphatic carbocycles. The highest BCUT2D eigenvalue weighted by molar-refractivity contribution is 7.99. The van der Waals surface area contributed by atoms with Gasteiger partial charge in [-0.25, -0.2) is 0 Å². The molecule has 0 aliphatic heterocycles. The van der Waals surface area contributed by atoms with E-state index < -0.39 is 0 Å². The highest BCUT2D eigenvalue weighted by atomic mass is 32.2. The Balaban J connectivity index is 2.08. The van der Waals surface area contributed by atoms with Gasteiger partial charge in [0.2, 0.25) is 17.0 Å². The third-order valence-electron chi connectivity index (χ3n) is 2.54. The van der Waals surface area contributed by atoms with Gasteiger partial charge in [0.05, 0.1) is 12.4 Å². The minimum absolute atomic E-state index is 0.0530. The van der Waals surface area contributed by atoms with Crippen LogP contribution in [0.3, 0.4) is 0 Å². The monoisotopic (exact) mass is 336 g/mol. The summed E-state index contributed by atoms with van der Waals surface area (Å²) in [6.07, 6.45) is 0. The zero-order valence-corrected chi connectivity index (χ0v) is 13.5. The number of rotatable bonds is 6. The molecule has 0 saturated carbocycles. The minimum atomic E-state index is -0.363. The number of benzene rings is 1. The van der Waals surface area contributed by atoms with Gasteiger partial charge in [0, 0.05) is 6.92 Å². The van der Waals surface area contributed by atoms with Crippen molar-refractivity contribution in [3.8, 4) is 11.4 Å². The number of para-hydroxylation sites is 2. The Labute approximate surface area is 136 Å². The van der Waals surface area contributed by atoms with E-state index >= 15 is 0 Å². The molecule has 23 heavy (non-hydrogen) atoms. The van der Waals surface area contributed by atoms with Crippen molar-refractivity contribution in [2.45, 2.75) is 19.0 Å². The maximum Gasteiger partial charge on any atom is 0.248 e. The maximum absolute atomic E-state index is 11.6. The number of aromatic nitrogens is 4. The van der Waals surface area contributed by atoms with Crippen molar-refractivity contribution < 1.29 is 14.3 Å². The second kappa shape index (κ2) is 8.13. The molecule has 2 rings (SSSR count). The number of carbonyl (C=O) groups excluding carboxylic acids is 2. The van der Waals surface area contributed by atoms with Gasteiger partial charge in [-0.2, -0.15) is 4.68 Å². The van der Waals surface area contributed by atoms with Gasteiger partial charge in [-0.05, 0) is 29.5 Å². The molecule has 0 saturated heterocycles. The molecular formula is C13H16N6O3S. The Bertz CT molecular complexity index is 690. The quantitative estimate of drug-likeness (QED) is 0.577. The van der Waals surface area contributed by atoms with Crippen LogP contribution in [-0.4, -0.2) is 44.4 Å². The van der Waals surface area contributed by atoms with Crippen LogP contribution in [0.15, 0.2) is 29.4 Å². The largest absolute Gasteiger partial charge is 0.492 e. The number of hydrazine groups is 1. The first kappa shape index (κ1) is 16.7. The van der Waals surface area contributed by atoms with Crippen molar-refractivity contribution in [2.24, 2.45) is 0 Å². The Morgan fingerprint density at radius 2 is 2.09 bits per heavy atom. The molecule has 0 radical (unpaired) electrons. The average molecular weight is 336 g/mol. The zero-order chi connectivity index (χ0) is 16.7. The third-order valence-corrected chi connectivity index (χ3v) is 3.46. The predicted molar refractivity (Wildman–Crippen MR) is 83.0 cm³/mol. The van der Waals surface area contributed by atoms with E-state index in [9.17, 15) is 9.59 Å². The lowest BCUT2D eigenvalue weighted by Gasteiger charge is -2.10. The summed E-state index contributed by atoms with van der Waals surface area (Å²) in [5.41, 5.74) is 5.18. The van der Waals surface area contributed by atoms with Crippen LogP contribution in [0.5, 0.6) is 5.75 Å². The Hall–Kier alpha value is -2.62. The molecule has 0 spiro atoms. The first-order valence-electron chi connectivity index (χ1n) is 6.80. The molecule has 0 bridgehead atoms. The van der Waals surface area contributed by atoms with Crippen molar-refractivity contribution in [1.82, 2.24) is 31.1 Å². The van der Waals surface area contributed by atoms with Crippen molar-refractivity contribution in [1.29, 1.82) is 0 Å². The van der Waals surface area contributed by atoms with Crippen LogP contribution in [0.4, 0.5) is 0 Å². The molecule has 9 nitrogen and oxygen atoms in total. The number of thioether (sulfide) groups is 1. The summed E-state index contributed by atoms with van der Waals surface area (Å²) in [5, 5.41) is 11.9. The van der Waals surface area contributed by atoms with Gasteiger partial charge in [0.25, 0.3) is 0 Å². The molecule has 2 N–H and O–H groups in total. The summed E-state index contributed by atoms with van der Waals surface area (Å²) in [4.78, 5) is 22.3. The second-order valence-corrected chi connectivity index (χ2v) is 5.23. The number of hydrogen-bond acceptors (Lipinski definition) is 7. The molecule has 2 aromatic rings. The summed E-state index contributed by atoms with van der Waals surface area (Å²) < 4.78 is 7.06. The molecule has 0 atom stereocenters. The molecule has 10 heteroatoms. The van der Waals surface area contributed by atoms with Crippen LogP contribution in [0.2, 0.25) is 0 Å². The molecule has 122 valence electrons. The smallest absolute Gasteiger partial charge is 0.248 e. The summed E-state index contributed by atoms with van der Waals surface area (Å²) in [7, 11) is 0. The molecule has 1 heterocycles. The highest BCUT2D eigenvalue weighted by Gasteiger charge is 2.14. The third kappa shape index (κ3) is 4.68. The molecule has 1 aromatic heterocycles. The van der Waals surface area contributed by atoms with Crippen LogP contribution in [0.1, 0.15) is 13.8 Å². The van der Waals surface area contributed by atoms with Gasteiger partial charge in [-0.1, -0.05) is 23.9 Å². The second-order valence-electron chi connectivity index (χ2n) is 4.29. The lowest BCUT2D eigenvalue weighted by molar-refractivity contribution is -0.126. The summed E-state index contributed by atoms with van der Waals surface area (Å²) >= 11 is 1.14. The van der Waals surface area contributed by atoms with Gasteiger partial charge >= 0.3 is 0 Å². The van der Waals surface area contributed by atoms with E-state index in [-0.39, 0.29) is 17.6 Å². The number of carbonyl (C=O) groups is 2. The van der Waals surface area contributed by atoms with E-state index in [4.69, 9.17) is 4.74 Å². The fourth-order valence-corrected chi connectivity index (χ4v) is 2.34. The molecule has 0 fully saturated rings. The highest BCUT2D eigenvalue weighted by Crippen LogP contribution is 2.25. The minimum Gasteiger partial charge on any atom is -0.492 e. The molecular weight excluding hydrogens is 320 g/mol. The first-order valence-corrected chi connectivity index (χ1v) is 7.79. The topological polar surface area (TPSA) is 111 Å². The van der Waals surface area contributed by atoms with Gasteiger partial charge in [-0.3, -0.25) is 20.4 Å². The van der Waals surface area contributed by atoms with Crippen LogP contribution in [-0.2, 0) is 9.59 Å². The number of amides is 2. The van der Waals surface area contributed by atoms with Crippen LogP contribution in [0.25, 0.3) is 5.69 Å². The van der Waals surface area contributed by atoms with E-state index in [0.717, 1.165) is 11.8 Å². The predicted octanol–water partition coefficient (Wildman–Crippen LogP) is 0.320. The maximum atomic E-state index is 11.6. The normalized spacial score (nSPS) is 10.2. The van der Waals surface area contributed by atoms with E-state index in [1.165, 1.54) is 11.6 Å². The van der Waals surface area contributed by atoms with E-state index in [2.05, 4.69) is 26.4 Å². The van der Waals surface area contributed by atoms with Crippen molar-refractivity contribution in [3.05, 3.63) is 24.3 Å². The fourth-order valence-electron chi connectivity index (χ4n) is 1.65. The molecule has 0 aliphatic rings. The lowest BCUT2D eigenvalue weighted by atomic mass is 10.3. The number of hydrogen-bond donors (Lipinski definition) is 2. The lowest BCUT2D eigenvalue weighted by Crippen LogP contribution is -2.41. The number of ether oxygens (including phenoxy) is 1. The van der Waals surface area contributed by atoms with Crippen LogP contribution < -0.4 is 15.6 Å². The van der Waals surface area contributed by atoms with Gasteiger partial charge in [-0.15, -0.1) is 5.10 Å². The average Bonchev–Trinajstić information content (AvgIpc) is 3.00. The van der Waals surface area contributed by atoms with Gasteiger partial charge < -0.3 is 4.74 Å². The SMILES string of the molecule is CCOc1ccccc1-n1nnnc1SCC(=O)NNC(C)=O. The first-order chi connectivity index (χ1) is 11.1. The Morgan fingerprint density at radius 3 is 2.83 bits per heavy atom.